The minimum atomic E-state index is 0.164. The number of rotatable bonds is 1. The molecule has 1 N–H and O–H groups in total. The van der Waals surface area contributed by atoms with Crippen molar-refractivity contribution in [2.45, 2.75) is 19.8 Å². The first-order valence-electron chi connectivity index (χ1n) is 6.47. The summed E-state index contributed by atoms with van der Waals surface area (Å²) in [5.74, 6) is 0.164. The molecule has 0 radical (unpaired) electrons. The first-order chi connectivity index (χ1) is 9.24. The number of aromatic amines is 1. The standard InChI is InChI=1S/C16H13NOS/c1-9(18)15-8-12-14(19-15)7-6-11-10-4-2-3-5-13(10)17-16(11)12/h2-5,8,17H,6-7H2,1H3. The van der Waals surface area contributed by atoms with Gasteiger partial charge in [0.1, 0.15) is 0 Å². The molecule has 2 heterocycles. The highest BCUT2D eigenvalue weighted by molar-refractivity contribution is 7.14. The third-order valence-corrected chi connectivity index (χ3v) is 5.14. The van der Waals surface area contributed by atoms with E-state index in [-0.39, 0.29) is 5.78 Å². The summed E-state index contributed by atoms with van der Waals surface area (Å²) in [4.78, 5) is 17.3. The van der Waals surface area contributed by atoms with Gasteiger partial charge in [0.2, 0.25) is 0 Å². The number of benzene rings is 1. The van der Waals surface area contributed by atoms with Crippen LogP contribution in [0.5, 0.6) is 0 Å². The Morgan fingerprint density at radius 1 is 1.26 bits per heavy atom. The molecule has 0 spiro atoms. The molecule has 0 atom stereocenters. The normalized spacial score (nSPS) is 13.3. The molecule has 0 aliphatic heterocycles. The van der Waals surface area contributed by atoms with Crippen LogP contribution in [0, 0.1) is 0 Å². The fourth-order valence-corrected chi connectivity index (χ4v) is 3.99. The van der Waals surface area contributed by atoms with Gasteiger partial charge in [0.25, 0.3) is 0 Å². The average molecular weight is 267 g/mol. The highest BCUT2D eigenvalue weighted by Gasteiger charge is 2.23. The largest absolute Gasteiger partial charge is 0.354 e. The Hall–Kier alpha value is -1.87. The Bertz CT molecular complexity index is 809. The van der Waals surface area contributed by atoms with Gasteiger partial charge in [-0.25, -0.2) is 0 Å². The number of aromatic nitrogens is 1. The lowest BCUT2D eigenvalue weighted by molar-refractivity contribution is 0.102. The number of nitrogens with one attached hydrogen (secondary N) is 1. The molecule has 1 aliphatic carbocycles. The first kappa shape index (κ1) is 11.0. The van der Waals surface area contributed by atoms with Crippen LogP contribution in [0.3, 0.4) is 0 Å². The zero-order valence-electron chi connectivity index (χ0n) is 10.6. The molecule has 0 saturated heterocycles. The Kier molecular flexibility index (Phi) is 2.21. The quantitative estimate of drug-likeness (QED) is 0.659. The lowest BCUT2D eigenvalue weighted by Crippen LogP contribution is -1.98. The van der Waals surface area contributed by atoms with Gasteiger partial charge >= 0.3 is 0 Å². The Morgan fingerprint density at radius 2 is 2.11 bits per heavy atom. The molecule has 0 unspecified atom stereocenters. The van der Waals surface area contributed by atoms with Gasteiger partial charge in [-0.1, -0.05) is 18.2 Å². The Morgan fingerprint density at radius 3 is 2.95 bits per heavy atom. The highest BCUT2D eigenvalue weighted by Crippen LogP contribution is 2.41. The van der Waals surface area contributed by atoms with Crippen LogP contribution in [0.2, 0.25) is 0 Å². The van der Waals surface area contributed by atoms with Crippen molar-refractivity contribution in [1.82, 2.24) is 4.98 Å². The zero-order chi connectivity index (χ0) is 13.0. The predicted molar refractivity (Wildman–Crippen MR) is 79.0 cm³/mol. The number of thiophene rings is 1. The van der Waals surface area contributed by atoms with Crippen LogP contribution in [-0.4, -0.2) is 10.8 Å². The van der Waals surface area contributed by atoms with Crippen molar-refractivity contribution in [2.75, 3.05) is 0 Å². The molecule has 4 rings (SSSR count). The lowest BCUT2D eigenvalue weighted by atomic mass is 9.94. The SMILES string of the molecule is CC(=O)c1cc2c(s1)CCc1c-2[nH]c2ccccc12. The topological polar surface area (TPSA) is 32.9 Å². The fourth-order valence-electron chi connectivity index (χ4n) is 2.93. The summed E-state index contributed by atoms with van der Waals surface area (Å²) in [5.41, 5.74) is 5.03. The van der Waals surface area contributed by atoms with Gasteiger partial charge in [0, 0.05) is 21.3 Å². The molecule has 0 fully saturated rings. The lowest BCUT2D eigenvalue weighted by Gasteiger charge is -2.11. The maximum absolute atomic E-state index is 11.5. The molecule has 3 heteroatoms. The summed E-state index contributed by atoms with van der Waals surface area (Å²) in [7, 11) is 0. The molecule has 3 aromatic rings. The third-order valence-electron chi connectivity index (χ3n) is 3.84. The molecular formula is C16H13NOS. The van der Waals surface area contributed by atoms with E-state index in [0.29, 0.717) is 0 Å². The number of fused-ring (bicyclic) bond motifs is 5. The number of carbonyl (C=O) groups excluding carboxylic acids is 1. The van der Waals surface area contributed by atoms with E-state index in [4.69, 9.17) is 0 Å². The summed E-state index contributed by atoms with van der Waals surface area (Å²) in [6, 6.07) is 10.5. The van der Waals surface area contributed by atoms with E-state index in [1.54, 1.807) is 18.3 Å². The molecule has 1 aromatic carbocycles. The molecule has 0 amide bonds. The van der Waals surface area contributed by atoms with Crippen molar-refractivity contribution in [3.8, 4) is 11.3 Å². The second-order valence-electron chi connectivity index (χ2n) is 5.03. The number of carbonyl (C=O) groups is 1. The van der Waals surface area contributed by atoms with E-state index in [9.17, 15) is 4.79 Å². The summed E-state index contributed by atoms with van der Waals surface area (Å²) >= 11 is 1.65. The second-order valence-corrected chi connectivity index (χ2v) is 6.16. The minimum Gasteiger partial charge on any atom is -0.354 e. The predicted octanol–water partition coefficient (Wildman–Crippen LogP) is 4.20. The van der Waals surface area contributed by atoms with Gasteiger partial charge in [-0.3, -0.25) is 4.79 Å². The van der Waals surface area contributed by atoms with E-state index >= 15 is 0 Å². The minimum absolute atomic E-state index is 0.164. The van der Waals surface area contributed by atoms with E-state index < -0.39 is 0 Å². The van der Waals surface area contributed by atoms with Crippen molar-refractivity contribution in [3.05, 3.63) is 45.6 Å². The third kappa shape index (κ3) is 1.51. The van der Waals surface area contributed by atoms with Crippen LogP contribution in [0.25, 0.3) is 22.2 Å². The smallest absolute Gasteiger partial charge is 0.169 e. The molecule has 19 heavy (non-hydrogen) atoms. The van der Waals surface area contributed by atoms with Crippen LogP contribution in [-0.2, 0) is 12.8 Å². The number of Topliss-reactive ketones (excluding diaryl/α,β-unsaturated/α-hetero) is 1. The molecule has 0 saturated carbocycles. The molecule has 1 aliphatic rings. The first-order valence-corrected chi connectivity index (χ1v) is 7.29. The zero-order valence-corrected chi connectivity index (χ0v) is 11.4. The molecule has 94 valence electrons. The number of para-hydroxylation sites is 1. The molecule has 0 bridgehead atoms. The summed E-state index contributed by atoms with van der Waals surface area (Å²) in [6.07, 6.45) is 2.10. The maximum Gasteiger partial charge on any atom is 0.169 e. The number of hydrogen-bond donors (Lipinski definition) is 1. The second kappa shape index (κ2) is 3.81. The van der Waals surface area contributed by atoms with Gasteiger partial charge in [0.15, 0.2) is 5.78 Å². The van der Waals surface area contributed by atoms with E-state index in [0.717, 1.165) is 17.7 Å². The maximum atomic E-state index is 11.5. The van der Waals surface area contributed by atoms with Gasteiger partial charge in [-0.2, -0.15) is 0 Å². The summed E-state index contributed by atoms with van der Waals surface area (Å²) in [5, 5.41) is 1.32. The van der Waals surface area contributed by atoms with Crippen molar-refractivity contribution < 1.29 is 4.79 Å². The Labute approximate surface area is 115 Å². The summed E-state index contributed by atoms with van der Waals surface area (Å²) in [6.45, 7) is 1.64. The van der Waals surface area contributed by atoms with E-state index in [1.165, 1.54) is 32.6 Å². The number of ketones is 1. The van der Waals surface area contributed by atoms with Crippen LogP contribution >= 0.6 is 11.3 Å². The van der Waals surface area contributed by atoms with Crippen LogP contribution in [0.15, 0.2) is 30.3 Å². The highest BCUT2D eigenvalue weighted by atomic mass is 32.1. The summed E-state index contributed by atoms with van der Waals surface area (Å²) < 4.78 is 0. The molecular weight excluding hydrogens is 254 g/mol. The van der Waals surface area contributed by atoms with E-state index in [2.05, 4.69) is 35.3 Å². The van der Waals surface area contributed by atoms with Crippen molar-refractivity contribution >= 4 is 28.0 Å². The number of aryl methyl sites for hydroxylation is 2. The van der Waals surface area contributed by atoms with Gasteiger partial charge in [-0.05, 0) is 37.5 Å². The number of hydrogen-bond acceptors (Lipinski definition) is 2. The molecule has 2 nitrogen and oxygen atoms in total. The van der Waals surface area contributed by atoms with Crippen LogP contribution in [0.4, 0.5) is 0 Å². The van der Waals surface area contributed by atoms with Crippen molar-refractivity contribution in [2.24, 2.45) is 0 Å². The molecule has 2 aromatic heterocycles. The van der Waals surface area contributed by atoms with Gasteiger partial charge < -0.3 is 4.98 Å². The van der Waals surface area contributed by atoms with Gasteiger partial charge in [-0.15, -0.1) is 11.3 Å². The Balaban J connectivity index is 2.01. The fraction of sp³-hybridized carbons (Fsp3) is 0.188. The van der Waals surface area contributed by atoms with Crippen LogP contribution < -0.4 is 0 Å². The van der Waals surface area contributed by atoms with Gasteiger partial charge in [0.05, 0.1) is 10.6 Å². The van der Waals surface area contributed by atoms with Crippen LogP contribution in [0.1, 0.15) is 27.0 Å². The van der Waals surface area contributed by atoms with Crippen molar-refractivity contribution in [3.63, 3.8) is 0 Å². The van der Waals surface area contributed by atoms with E-state index in [1.807, 2.05) is 0 Å². The number of H-pyrrole nitrogens is 1. The average Bonchev–Trinajstić information content (AvgIpc) is 2.99. The van der Waals surface area contributed by atoms with Crippen molar-refractivity contribution in [1.29, 1.82) is 0 Å². The monoisotopic (exact) mass is 267 g/mol.